The number of carbonyl (C=O) groups is 1. The number of likely N-dealkylation sites (N-methyl/N-ethyl adjacent to an activating group) is 1. The van der Waals surface area contributed by atoms with E-state index in [0.29, 0.717) is 6.42 Å². The molecule has 0 aromatic rings. The van der Waals surface area contributed by atoms with Crippen molar-refractivity contribution in [1.29, 1.82) is 0 Å². The number of hydrogen-bond acceptors (Lipinski definition) is 7. The lowest BCUT2D eigenvalue weighted by atomic mass is 9.98. The summed E-state index contributed by atoms with van der Waals surface area (Å²) in [4.78, 5) is 15.9. The minimum Gasteiger partial charge on any atom is -0.438 e. The fraction of sp³-hybridized carbons (Fsp3) is 0.909. The van der Waals surface area contributed by atoms with Crippen LogP contribution in [0.25, 0.3) is 10.4 Å². The minimum absolute atomic E-state index is 0.133. The average molecular weight is 288 g/mol. The third-order valence-corrected chi connectivity index (χ3v) is 3.12. The number of hydrogen-bond donors (Lipinski definition) is 0. The van der Waals surface area contributed by atoms with Gasteiger partial charge in [0.1, 0.15) is 0 Å². The van der Waals surface area contributed by atoms with Crippen LogP contribution in [-0.2, 0) is 18.9 Å². The van der Waals surface area contributed by atoms with Crippen LogP contribution < -0.4 is 0 Å². The minimum atomic E-state index is -0.791. The van der Waals surface area contributed by atoms with E-state index >= 15 is 0 Å². The van der Waals surface area contributed by atoms with Gasteiger partial charge in [0.05, 0.1) is 25.8 Å². The normalized spacial score (nSPS) is 29.6. The fourth-order valence-electron chi connectivity index (χ4n) is 2.14. The van der Waals surface area contributed by atoms with E-state index in [-0.39, 0.29) is 18.7 Å². The van der Waals surface area contributed by atoms with E-state index < -0.39 is 18.5 Å². The van der Waals surface area contributed by atoms with Crippen LogP contribution in [0, 0.1) is 0 Å². The van der Waals surface area contributed by atoms with Gasteiger partial charge in [-0.1, -0.05) is 5.11 Å². The van der Waals surface area contributed by atoms with Crippen LogP contribution in [0.4, 0.5) is 4.79 Å². The summed E-state index contributed by atoms with van der Waals surface area (Å²) in [7, 11) is 6.42. The monoisotopic (exact) mass is 288 g/mol. The maximum Gasteiger partial charge on any atom is 0.508 e. The van der Waals surface area contributed by atoms with Gasteiger partial charge in [-0.15, -0.1) is 0 Å². The number of azide groups is 1. The van der Waals surface area contributed by atoms with Crippen molar-refractivity contribution >= 4 is 6.16 Å². The van der Waals surface area contributed by atoms with Crippen molar-refractivity contribution in [2.45, 2.75) is 31.0 Å². The second-order valence-electron chi connectivity index (χ2n) is 4.58. The molecule has 0 aromatic carbocycles. The Morgan fingerprint density at radius 1 is 1.50 bits per heavy atom. The van der Waals surface area contributed by atoms with Crippen LogP contribution in [0.15, 0.2) is 5.11 Å². The van der Waals surface area contributed by atoms with Gasteiger partial charge in [0.15, 0.2) is 12.4 Å². The molecule has 20 heavy (non-hydrogen) atoms. The Hall–Kier alpha value is -1.54. The van der Waals surface area contributed by atoms with Gasteiger partial charge < -0.3 is 23.8 Å². The predicted molar refractivity (Wildman–Crippen MR) is 69.1 cm³/mol. The Labute approximate surface area is 117 Å². The molecular weight excluding hydrogens is 268 g/mol. The van der Waals surface area contributed by atoms with E-state index in [0.717, 1.165) is 0 Å². The number of carbonyl (C=O) groups excluding carboxylic acids is 1. The average Bonchev–Trinajstić information content (AvgIpc) is 2.45. The molecule has 0 saturated carbocycles. The van der Waals surface area contributed by atoms with Crippen LogP contribution in [-0.4, -0.2) is 70.5 Å². The standard InChI is InChI=1S/C11H20N4O5/c1-15(2)8-5-7(6-13-14-12)19-10(17-3)9(8)20-11(16)18-4/h7-10H,5-6H2,1-4H3/t7-,8-,9+,10+/m0/s1. The first-order valence-electron chi connectivity index (χ1n) is 6.13. The molecule has 1 rings (SSSR count). The summed E-state index contributed by atoms with van der Waals surface area (Å²) in [5, 5.41) is 3.51. The molecule has 114 valence electrons. The highest BCUT2D eigenvalue weighted by atomic mass is 16.8. The summed E-state index contributed by atoms with van der Waals surface area (Å²) >= 11 is 0. The van der Waals surface area contributed by atoms with Crippen LogP contribution in [0.3, 0.4) is 0 Å². The van der Waals surface area contributed by atoms with Gasteiger partial charge in [0.2, 0.25) is 0 Å². The Balaban J connectivity index is 2.84. The van der Waals surface area contributed by atoms with Crippen molar-refractivity contribution < 1.29 is 23.7 Å². The van der Waals surface area contributed by atoms with Gasteiger partial charge in [0.25, 0.3) is 0 Å². The lowest BCUT2D eigenvalue weighted by molar-refractivity contribution is -0.246. The molecule has 0 aliphatic carbocycles. The van der Waals surface area contributed by atoms with Gasteiger partial charge in [-0.05, 0) is 26.0 Å². The quantitative estimate of drug-likeness (QED) is 0.325. The molecule has 4 atom stereocenters. The van der Waals surface area contributed by atoms with Crippen LogP contribution >= 0.6 is 0 Å². The first kappa shape index (κ1) is 16.5. The molecule has 1 fully saturated rings. The Morgan fingerprint density at radius 3 is 2.70 bits per heavy atom. The third kappa shape index (κ3) is 4.24. The number of rotatable bonds is 5. The Kier molecular flexibility index (Phi) is 6.53. The Bertz CT molecular complexity index is 372. The summed E-state index contributed by atoms with van der Waals surface area (Å²) in [6.45, 7) is 0.200. The second kappa shape index (κ2) is 7.91. The van der Waals surface area contributed by atoms with Crippen LogP contribution in [0.2, 0.25) is 0 Å². The van der Waals surface area contributed by atoms with Gasteiger partial charge in [-0.2, -0.15) is 0 Å². The number of ether oxygens (including phenoxy) is 4. The molecule has 9 nitrogen and oxygen atoms in total. The van der Waals surface area contributed by atoms with Gasteiger partial charge >= 0.3 is 6.16 Å². The van der Waals surface area contributed by atoms with Crippen molar-refractivity contribution in [3.8, 4) is 0 Å². The van der Waals surface area contributed by atoms with Crippen LogP contribution in [0.5, 0.6) is 0 Å². The van der Waals surface area contributed by atoms with Crippen molar-refractivity contribution in [2.24, 2.45) is 5.11 Å². The molecule has 1 aliphatic rings. The summed E-state index contributed by atoms with van der Waals surface area (Å²) in [5.74, 6) is 0. The molecule has 0 amide bonds. The van der Waals surface area contributed by atoms with E-state index in [1.165, 1.54) is 14.2 Å². The molecule has 0 N–H and O–H groups in total. The van der Waals surface area contributed by atoms with E-state index in [2.05, 4.69) is 14.8 Å². The highest BCUT2D eigenvalue weighted by Crippen LogP contribution is 2.26. The van der Waals surface area contributed by atoms with Gasteiger partial charge in [-0.25, -0.2) is 4.79 Å². The summed E-state index contributed by atoms with van der Waals surface area (Å²) < 4.78 is 20.6. The molecule has 0 bridgehead atoms. The molecule has 9 heteroatoms. The van der Waals surface area contributed by atoms with E-state index in [9.17, 15) is 4.79 Å². The molecule has 1 aliphatic heterocycles. The largest absolute Gasteiger partial charge is 0.508 e. The van der Waals surface area contributed by atoms with E-state index in [4.69, 9.17) is 19.7 Å². The van der Waals surface area contributed by atoms with Gasteiger partial charge in [0, 0.05) is 12.0 Å². The molecule has 0 aromatic heterocycles. The zero-order valence-corrected chi connectivity index (χ0v) is 12.1. The molecular formula is C11H20N4O5. The topological polar surface area (TPSA) is 106 Å². The molecule has 0 radical (unpaired) electrons. The van der Waals surface area contributed by atoms with E-state index in [1.807, 2.05) is 19.0 Å². The lowest BCUT2D eigenvalue weighted by Crippen LogP contribution is -2.56. The molecule has 0 spiro atoms. The second-order valence-corrected chi connectivity index (χ2v) is 4.58. The SMILES string of the molecule is COC(=O)O[C@H]1[C@H](OC)O[C@H](CN=[N+]=[N-])C[C@@H]1N(C)C. The van der Waals surface area contributed by atoms with Crippen molar-refractivity contribution in [3.63, 3.8) is 0 Å². The maximum absolute atomic E-state index is 11.3. The first-order chi connectivity index (χ1) is 9.53. The van der Waals surface area contributed by atoms with Crippen molar-refractivity contribution in [1.82, 2.24) is 4.90 Å². The fourth-order valence-corrected chi connectivity index (χ4v) is 2.14. The summed E-state index contributed by atoms with van der Waals surface area (Å²) in [6.07, 6.45) is -1.89. The van der Waals surface area contributed by atoms with Crippen molar-refractivity contribution in [3.05, 3.63) is 10.4 Å². The maximum atomic E-state index is 11.3. The van der Waals surface area contributed by atoms with E-state index in [1.54, 1.807) is 0 Å². The molecule has 0 unspecified atom stereocenters. The van der Waals surface area contributed by atoms with Gasteiger partial charge in [-0.3, -0.25) is 0 Å². The smallest absolute Gasteiger partial charge is 0.438 e. The lowest BCUT2D eigenvalue weighted by Gasteiger charge is -2.42. The van der Waals surface area contributed by atoms with Crippen molar-refractivity contribution in [2.75, 3.05) is 34.9 Å². The van der Waals surface area contributed by atoms with Crippen LogP contribution in [0.1, 0.15) is 6.42 Å². The predicted octanol–water partition coefficient (Wildman–Crippen LogP) is 1.14. The first-order valence-corrected chi connectivity index (χ1v) is 6.13. The zero-order valence-electron chi connectivity index (χ0n) is 12.1. The molecule has 1 saturated heterocycles. The number of methoxy groups -OCH3 is 2. The number of nitrogens with zero attached hydrogens (tertiary/aromatic N) is 4. The Morgan fingerprint density at radius 2 is 2.20 bits per heavy atom. The summed E-state index contributed by atoms with van der Waals surface area (Å²) in [5.41, 5.74) is 8.37. The highest BCUT2D eigenvalue weighted by Gasteiger charge is 2.42. The molecule has 1 heterocycles. The highest BCUT2D eigenvalue weighted by molar-refractivity contribution is 5.60. The zero-order chi connectivity index (χ0) is 15.1. The summed E-state index contributed by atoms with van der Waals surface area (Å²) in [6, 6.07) is -0.133. The third-order valence-electron chi connectivity index (χ3n) is 3.12.